The molecule has 7 heavy (non-hydrogen) atoms. The Balaban J connectivity index is 2.68. The Labute approximate surface area is 55.5 Å². The van der Waals surface area contributed by atoms with E-state index in [1.165, 1.54) is 12.8 Å². The summed E-state index contributed by atoms with van der Waals surface area (Å²) in [5.41, 5.74) is 0. The molecule has 0 unspecified atom stereocenters. The maximum absolute atomic E-state index is 5.49. The van der Waals surface area contributed by atoms with Gasteiger partial charge in [-0.1, -0.05) is 35.8 Å². The normalized spacial score (nSPS) is 10.3. The predicted octanol–water partition coefficient (Wildman–Crippen LogP) is 3.58. The molecule has 0 saturated carbocycles. The summed E-state index contributed by atoms with van der Waals surface area (Å²) < 4.78 is 0. The van der Waals surface area contributed by atoms with Gasteiger partial charge in [-0.25, -0.2) is 0 Å². The fourth-order valence-electron chi connectivity index (χ4n) is 0.278. The van der Waals surface area contributed by atoms with Crippen molar-refractivity contribution in [3.05, 3.63) is 0 Å². The molecule has 0 rings (SSSR count). The minimum Gasteiger partial charge on any atom is -0.0781 e. The van der Waals surface area contributed by atoms with Crippen LogP contribution in [0.15, 0.2) is 0 Å². The van der Waals surface area contributed by atoms with Gasteiger partial charge in [-0.2, -0.15) is 0 Å². The topological polar surface area (TPSA) is 0 Å². The van der Waals surface area contributed by atoms with E-state index < -0.39 is 6.63 Å². The van der Waals surface area contributed by atoms with Crippen molar-refractivity contribution < 1.29 is 0 Å². The Morgan fingerprint density at radius 2 is 2.00 bits per heavy atom. The van der Waals surface area contributed by atoms with Gasteiger partial charge in [-0.3, -0.25) is 0 Å². The third-order valence-electron chi connectivity index (χ3n) is 0.681. The van der Waals surface area contributed by atoms with Crippen molar-refractivity contribution in [3.8, 4) is 0 Å². The molecule has 3 heteroatoms. The molecule has 0 fully saturated rings. The van der Waals surface area contributed by atoms with Crippen LogP contribution in [0, 0.1) is 0 Å². The first kappa shape index (κ1) is 8.01. The second-order valence-electron chi connectivity index (χ2n) is 1.38. The second-order valence-corrected chi connectivity index (χ2v) is 5.40. The molecule has 0 aliphatic rings. The molecule has 0 aliphatic heterocycles. The van der Waals surface area contributed by atoms with Crippen molar-refractivity contribution in [3.63, 3.8) is 0 Å². The van der Waals surface area contributed by atoms with Crippen LogP contribution >= 0.6 is 29.1 Å². The maximum Gasteiger partial charge on any atom is 0.0854 e. The average molecular weight is 159 g/mol. The summed E-state index contributed by atoms with van der Waals surface area (Å²) in [7, 11) is 0. The van der Waals surface area contributed by atoms with Crippen LogP contribution in [0.2, 0.25) is 0 Å². The molecule has 0 bridgehead atoms. The minimum atomic E-state index is -0.662. The number of halogens is 2. The van der Waals surface area contributed by atoms with Gasteiger partial charge in [0.2, 0.25) is 0 Å². The largest absolute Gasteiger partial charge is 0.0854 e. The highest BCUT2D eigenvalue weighted by atomic mass is 35.9. The summed E-state index contributed by atoms with van der Waals surface area (Å²) >= 11 is 11.0. The summed E-state index contributed by atoms with van der Waals surface area (Å²) in [4.78, 5) is 0. The van der Waals surface area contributed by atoms with Crippen LogP contribution in [0.4, 0.5) is 0 Å². The first-order chi connectivity index (χ1) is 3.27. The minimum absolute atomic E-state index is 0.662. The van der Waals surface area contributed by atoms with E-state index in [1.807, 2.05) is 0 Å². The lowest BCUT2D eigenvalue weighted by Gasteiger charge is -1.93. The molecular formula is C4H9Cl2P. The van der Waals surface area contributed by atoms with E-state index in [4.69, 9.17) is 22.5 Å². The molecular weight excluding hydrogens is 150 g/mol. The number of rotatable bonds is 3. The van der Waals surface area contributed by atoms with Crippen molar-refractivity contribution in [1.29, 1.82) is 0 Å². The smallest absolute Gasteiger partial charge is 0.0781 e. The van der Waals surface area contributed by atoms with Crippen LogP contribution in [0.1, 0.15) is 19.8 Å². The molecule has 0 aromatic heterocycles. The zero-order valence-corrected chi connectivity index (χ0v) is 6.73. The quantitative estimate of drug-likeness (QED) is 0.552. The molecule has 0 spiro atoms. The van der Waals surface area contributed by atoms with Gasteiger partial charge < -0.3 is 0 Å². The van der Waals surface area contributed by atoms with Crippen molar-refractivity contribution in [2.24, 2.45) is 0 Å². The van der Waals surface area contributed by atoms with Crippen LogP contribution in [-0.4, -0.2) is 6.16 Å². The van der Waals surface area contributed by atoms with Gasteiger partial charge in [-0.15, -0.1) is 0 Å². The van der Waals surface area contributed by atoms with Crippen molar-refractivity contribution in [1.82, 2.24) is 0 Å². The first-order valence-corrected chi connectivity index (χ1v) is 5.70. The highest BCUT2D eigenvalue weighted by Gasteiger charge is 1.94. The highest BCUT2D eigenvalue weighted by molar-refractivity contribution is 8.03. The lowest BCUT2D eigenvalue weighted by molar-refractivity contribution is 0.895. The number of unbranched alkanes of at least 4 members (excludes halogenated alkanes) is 1. The van der Waals surface area contributed by atoms with Crippen molar-refractivity contribution in [2.45, 2.75) is 19.8 Å². The molecule has 0 amide bonds. The Bertz CT molecular complexity index is 38.7. The zero-order chi connectivity index (χ0) is 5.70. The molecule has 0 aromatic rings. The molecule has 44 valence electrons. The van der Waals surface area contributed by atoms with E-state index in [0.717, 1.165) is 6.16 Å². The van der Waals surface area contributed by atoms with Gasteiger partial charge in [0, 0.05) is 0 Å². The van der Waals surface area contributed by atoms with Crippen LogP contribution in [0.5, 0.6) is 0 Å². The lowest BCUT2D eigenvalue weighted by Crippen LogP contribution is -1.70. The van der Waals surface area contributed by atoms with Crippen molar-refractivity contribution in [2.75, 3.05) is 6.16 Å². The number of hydrogen-bond acceptors (Lipinski definition) is 0. The standard InChI is InChI=1S/C4H9Cl2P/c1-2-3-4-7(5)6/h2-4H2,1H3. The van der Waals surface area contributed by atoms with Gasteiger partial charge in [0.15, 0.2) is 0 Å². The van der Waals surface area contributed by atoms with E-state index >= 15 is 0 Å². The van der Waals surface area contributed by atoms with E-state index in [-0.39, 0.29) is 0 Å². The Morgan fingerprint density at radius 3 is 2.14 bits per heavy atom. The van der Waals surface area contributed by atoms with Gasteiger partial charge in [-0.05, 0) is 12.6 Å². The van der Waals surface area contributed by atoms with E-state index in [1.54, 1.807) is 0 Å². The van der Waals surface area contributed by atoms with Crippen LogP contribution in [0.25, 0.3) is 0 Å². The second kappa shape index (κ2) is 5.15. The van der Waals surface area contributed by atoms with Crippen LogP contribution in [0.3, 0.4) is 0 Å². The van der Waals surface area contributed by atoms with Crippen LogP contribution in [-0.2, 0) is 0 Å². The summed E-state index contributed by atoms with van der Waals surface area (Å²) in [6, 6.07) is 0. The van der Waals surface area contributed by atoms with Crippen LogP contribution < -0.4 is 0 Å². The molecule has 0 radical (unpaired) electrons. The van der Waals surface area contributed by atoms with Crippen molar-refractivity contribution >= 4 is 29.1 Å². The summed E-state index contributed by atoms with van der Waals surface area (Å²) in [6.07, 6.45) is 3.35. The SMILES string of the molecule is CCCCP(Cl)Cl. The molecule has 0 saturated heterocycles. The predicted molar refractivity (Wildman–Crippen MR) is 38.4 cm³/mol. The van der Waals surface area contributed by atoms with Gasteiger partial charge in [0.1, 0.15) is 0 Å². The molecule has 0 N–H and O–H groups in total. The molecule has 0 nitrogen and oxygen atoms in total. The Kier molecular flexibility index (Phi) is 5.90. The molecule has 0 aromatic carbocycles. The van der Waals surface area contributed by atoms with Gasteiger partial charge in [0.05, 0.1) is 6.63 Å². The van der Waals surface area contributed by atoms with E-state index in [2.05, 4.69) is 6.92 Å². The first-order valence-electron chi connectivity index (χ1n) is 2.36. The Hall–Kier alpha value is 1.01. The summed E-state index contributed by atoms with van der Waals surface area (Å²) in [5.74, 6) is 0. The Morgan fingerprint density at radius 1 is 1.43 bits per heavy atom. The third-order valence-corrected chi connectivity index (χ3v) is 2.35. The average Bonchev–Trinajstić information content (AvgIpc) is 1.61. The third kappa shape index (κ3) is 7.01. The highest BCUT2D eigenvalue weighted by Crippen LogP contribution is 2.47. The molecule has 0 aliphatic carbocycles. The maximum atomic E-state index is 5.49. The zero-order valence-electron chi connectivity index (χ0n) is 4.32. The summed E-state index contributed by atoms with van der Waals surface area (Å²) in [6.45, 7) is 1.47. The monoisotopic (exact) mass is 158 g/mol. The number of hydrogen-bond donors (Lipinski definition) is 0. The fourth-order valence-corrected chi connectivity index (χ4v) is 1.55. The lowest BCUT2D eigenvalue weighted by atomic mass is 10.4. The molecule has 0 heterocycles. The van der Waals surface area contributed by atoms with E-state index in [9.17, 15) is 0 Å². The van der Waals surface area contributed by atoms with Gasteiger partial charge in [0.25, 0.3) is 0 Å². The summed E-state index contributed by atoms with van der Waals surface area (Å²) in [5, 5.41) is 0. The van der Waals surface area contributed by atoms with Gasteiger partial charge >= 0.3 is 0 Å². The fraction of sp³-hybridized carbons (Fsp3) is 1.00. The molecule has 0 atom stereocenters. The van der Waals surface area contributed by atoms with E-state index in [0.29, 0.717) is 0 Å².